The number of hydrogen-bond donors (Lipinski definition) is 2. The van der Waals surface area contributed by atoms with Gasteiger partial charge in [0.15, 0.2) is 0 Å². The number of hydrogen-bond acceptors (Lipinski definition) is 3. The van der Waals surface area contributed by atoms with Crippen LogP contribution in [0.5, 0.6) is 5.75 Å². The lowest BCUT2D eigenvalue weighted by atomic mass is 10.0. The molecular formula is C17H20N2O2. The number of rotatable bonds is 5. The Morgan fingerprint density at radius 2 is 1.71 bits per heavy atom. The highest BCUT2D eigenvalue weighted by atomic mass is 16.5. The second-order valence-electron chi connectivity index (χ2n) is 4.94. The zero-order chi connectivity index (χ0) is 15.2. The molecule has 0 aromatic heterocycles. The first-order valence-electron chi connectivity index (χ1n) is 6.90. The van der Waals surface area contributed by atoms with Crippen molar-refractivity contribution < 1.29 is 9.53 Å². The summed E-state index contributed by atoms with van der Waals surface area (Å²) >= 11 is 0. The zero-order valence-corrected chi connectivity index (χ0v) is 12.3. The number of aryl methyl sites for hydroxylation is 2. The second-order valence-corrected chi connectivity index (χ2v) is 4.94. The Morgan fingerprint density at radius 3 is 2.33 bits per heavy atom. The topological polar surface area (TPSA) is 64.3 Å². The Morgan fingerprint density at radius 1 is 1.10 bits per heavy atom. The monoisotopic (exact) mass is 284 g/mol. The highest BCUT2D eigenvalue weighted by molar-refractivity contribution is 5.97. The molecule has 1 amide bonds. The smallest absolute Gasteiger partial charge is 0.251 e. The van der Waals surface area contributed by atoms with Gasteiger partial charge in [0.1, 0.15) is 12.4 Å². The molecule has 21 heavy (non-hydrogen) atoms. The van der Waals surface area contributed by atoms with Crippen LogP contribution in [0.25, 0.3) is 0 Å². The van der Waals surface area contributed by atoms with Crippen LogP contribution in [-0.2, 0) is 0 Å². The van der Waals surface area contributed by atoms with Gasteiger partial charge >= 0.3 is 0 Å². The number of benzene rings is 2. The number of nitrogen functional groups attached to an aromatic ring is 1. The minimum atomic E-state index is -0.0634. The first-order chi connectivity index (χ1) is 10.1. The molecule has 0 fully saturated rings. The molecule has 2 aromatic carbocycles. The van der Waals surface area contributed by atoms with Crippen LogP contribution in [0.2, 0.25) is 0 Å². The number of anilines is 1. The number of carbonyl (C=O) groups is 1. The van der Waals surface area contributed by atoms with E-state index in [0.717, 1.165) is 22.4 Å². The van der Waals surface area contributed by atoms with E-state index >= 15 is 0 Å². The van der Waals surface area contributed by atoms with Crippen LogP contribution in [-0.4, -0.2) is 19.1 Å². The van der Waals surface area contributed by atoms with Gasteiger partial charge in [0.2, 0.25) is 0 Å². The van der Waals surface area contributed by atoms with Crippen LogP contribution in [0.3, 0.4) is 0 Å². The van der Waals surface area contributed by atoms with Crippen LogP contribution in [0.1, 0.15) is 21.5 Å². The lowest BCUT2D eigenvalue weighted by molar-refractivity contribution is 0.0946. The average Bonchev–Trinajstić information content (AvgIpc) is 2.45. The van der Waals surface area contributed by atoms with Crippen LogP contribution < -0.4 is 15.8 Å². The van der Waals surface area contributed by atoms with Gasteiger partial charge in [-0.1, -0.05) is 18.2 Å². The molecule has 0 aliphatic carbocycles. The Hall–Kier alpha value is -2.49. The van der Waals surface area contributed by atoms with Gasteiger partial charge in [0, 0.05) is 11.3 Å². The quantitative estimate of drug-likeness (QED) is 0.655. The molecule has 0 bridgehead atoms. The molecule has 0 saturated carbocycles. The molecule has 4 nitrogen and oxygen atoms in total. The van der Waals surface area contributed by atoms with Gasteiger partial charge in [-0.15, -0.1) is 0 Å². The van der Waals surface area contributed by atoms with E-state index in [4.69, 9.17) is 10.5 Å². The van der Waals surface area contributed by atoms with Gasteiger partial charge in [-0.2, -0.15) is 0 Å². The normalized spacial score (nSPS) is 10.2. The molecule has 0 aliphatic rings. The molecular weight excluding hydrogens is 264 g/mol. The summed E-state index contributed by atoms with van der Waals surface area (Å²) in [5.41, 5.74) is 9.00. The standard InChI is InChI=1S/C17H20N2O2/c1-12-4-3-5-13(2)16(12)17(20)19-10-11-21-15-8-6-14(18)7-9-15/h3-9H,10-11,18H2,1-2H3,(H,19,20). The van der Waals surface area contributed by atoms with E-state index in [2.05, 4.69) is 5.32 Å². The van der Waals surface area contributed by atoms with E-state index in [1.165, 1.54) is 0 Å². The number of nitrogens with two attached hydrogens (primary N) is 1. The Balaban J connectivity index is 1.83. The van der Waals surface area contributed by atoms with Crippen molar-refractivity contribution in [3.8, 4) is 5.75 Å². The minimum absolute atomic E-state index is 0.0634. The summed E-state index contributed by atoms with van der Waals surface area (Å²) in [7, 11) is 0. The Labute approximate surface area is 124 Å². The molecule has 0 radical (unpaired) electrons. The molecule has 2 rings (SSSR count). The molecule has 0 spiro atoms. The summed E-state index contributed by atoms with van der Waals surface area (Å²) in [4.78, 5) is 12.2. The molecule has 3 N–H and O–H groups in total. The summed E-state index contributed by atoms with van der Waals surface area (Å²) in [6, 6.07) is 13.0. The maximum absolute atomic E-state index is 12.2. The van der Waals surface area contributed by atoms with E-state index in [1.807, 2.05) is 44.2 Å². The van der Waals surface area contributed by atoms with Crippen molar-refractivity contribution in [2.24, 2.45) is 0 Å². The third-order valence-corrected chi connectivity index (χ3v) is 3.24. The van der Waals surface area contributed by atoms with E-state index < -0.39 is 0 Å². The molecule has 2 aromatic rings. The molecule has 0 unspecified atom stereocenters. The number of ether oxygens (including phenoxy) is 1. The number of carbonyl (C=O) groups excluding carboxylic acids is 1. The maximum Gasteiger partial charge on any atom is 0.251 e. The fraction of sp³-hybridized carbons (Fsp3) is 0.235. The highest BCUT2D eigenvalue weighted by Crippen LogP contribution is 2.14. The van der Waals surface area contributed by atoms with Crippen molar-refractivity contribution >= 4 is 11.6 Å². The predicted molar refractivity (Wildman–Crippen MR) is 84.6 cm³/mol. The molecule has 110 valence electrons. The fourth-order valence-electron chi connectivity index (χ4n) is 2.16. The predicted octanol–water partition coefficient (Wildman–Crippen LogP) is 2.69. The van der Waals surface area contributed by atoms with E-state index in [1.54, 1.807) is 12.1 Å². The van der Waals surface area contributed by atoms with Crippen LogP contribution in [0.4, 0.5) is 5.69 Å². The van der Waals surface area contributed by atoms with Crippen molar-refractivity contribution in [3.05, 3.63) is 59.2 Å². The summed E-state index contributed by atoms with van der Waals surface area (Å²) in [6.07, 6.45) is 0. The summed E-state index contributed by atoms with van der Waals surface area (Å²) in [5.74, 6) is 0.678. The van der Waals surface area contributed by atoms with Crippen molar-refractivity contribution in [1.82, 2.24) is 5.32 Å². The Bertz CT molecular complexity index is 601. The average molecular weight is 284 g/mol. The van der Waals surface area contributed by atoms with Gasteiger partial charge in [-0.3, -0.25) is 4.79 Å². The summed E-state index contributed by atoms with van der Waals surface area (Å²) in [6.45, 7) is 4.75. The van der Waals surface area contributed by atoms with Crippen molar-refractivity contribution in [2.75, 3.05) is 18.9 Å². The highest BCUT2D eigenvalue weighted by Gasteiger charge is 2.10. The van der Waals surface area contributed by atoms with Gasteiger partial charge in [-0.05, 0) is 49.2 Å². The van der Waals surface area contributed by atoms with Crippen molar-refractivity contribution in [3.63, 3.8) is 0 Å². The molecule has 0 atom stereocenters. The first-order valence-corrected chi connectivity index (χ1v) is 6.90. The van der Waals surface area contributed by atoms with E-state index in [-0.39, 0.29) is 5.91 Å². The summed E-state index contributed by atoms with van der Waals surface area (Å²) < 4.78 is 5.54. The SMILES string of the molecule is Cc1cccc(C)c1C(=O)NCCOc1ccc(N)cc1. The molecule has 0 saturated heterocycles. The Kier molecular flexibility index (Phi) is 4.82. The van der Waals surface area contributed by atoms with E-state index in [0.29, 0.717) is 18.8 Å². The maximum atomic E-state index is 12.2. The minimum Gasteiger partial charge on any atom is -0.492 e. The largest absolute Gasteiger partial charge is 0.492 e. The number of amides is 1. The lowest BCUT2D eigenvalue weighted by Gasteiger charge is -2.11. The van der Waals surface area contributed by atoms with Crippen molar-refractivity contribution in [1.29, 1.82) is 0 Å². The zero-order valence-electron chi connectivity index (χ0n) is 12.3. The second kappa shape index (κ2) is 6.79. The molecule has 0 aliphatic heterocycles. The molecule has 0 heterocycles. The fourth-order valence-corrected chi connectivity index (χ4v) is 2.16. The van der Waals surface area contributed by atoms with Gasteiger partial charge in [-0.25, -0.2) is 0 Å². The van der Waals surface area contributed by atoms with Crippen molar-refractivity contribution in [2.45, 2.75) is 13.8 Å². The third-order valence-electron chi connectivity index (χ3n) is 3.24. The molecule has 4 heteroatoms. The van der Waals surface area contributed by atoms with Crippen LogP contribution in [0, 0.1) is 13.8 Å². The van der Waals surface area contributed by atoms with Crippen LogP contribution in [0.15, 0.2) is 42.5 Å². The lowest BCUT2D eigenvalue weighted by Crippen LogP contribution is -2.29. The number of nitrogens with one attached hydrogen (secondary N) is 1. The van der Waals surface area contributed by atoms with Gasteiger partial charge in [0.05, 0.1) is 6.54 Å². The third kappa shape index (κ3) is 3.99. The first kappa shape index (κ1) is 14.9. The van der Waals surface area contributed by atoms with E-state index in [9.17, 15) is 4.79 Å². The van der Waals surface area contributed by atoms with Gasteiger partial charge < -0.3 is 15.8 Å². The van der Waals surface area contributed by atoms with Gasteiger partial charge in [0.25, 0.3) is 5.91 Å². The van der Waals surface area contributed by atoms with Crippen LogP contribution >= 0.6 is 0 Å². The summed E-state index contributed by atoms with van der Waals surface area (Å²) in [5, 5.41) is 2.87.